The normalized spacial score (nSPS) is 12.9. The van der Waals surface area contributed by atoms with E-state index in [0.29, 0.717) is 19.0 Å². The highest BCUT2D eigenvalue weighted by molar-refractivity contribution is 7.89. The number of rotatable bonds is 6. The van der Waals surface area contributed by atoms with Crippen molar-refractivity contribution in [2.45, 2.75) is 17.5 Å². The number of halogens is 4. The average molecular weight is 345 g/mol. The summed E-state index contributed by atoms with van der Waals surface area (Å²) in [7, 11) is -0.409. The molecule has 1 aromatic carbocycles. The quantitative estimate of drug-likeness (QED) is 0.807. The lowest BCUT2D eigenvalue weighted by Crippen LogP contribution is -2.27. The Hall–Kier alpha value is -0.830. The van der Waals surface area contributed by atoms with E-state index >= 15 is 0 Å². The Bertz CT molecular complexity index is 589. The minimum absolute atomic E-state index is 0.118. The summed E-state index contributed by atoms with van der Waals surface area (Å²) in [6, 6.07) is 2.21. The van der Waals surface area contributed by atoms with Crippen LogP contribution in [-0.4, -0.2) is 40.5 Å². The Morgan fingerprint density at radius 3 is 2.43 bits per heavy atom. The molecule has 0 amide bonds. The van der Waals surface area contributed by atoms with Gasteiger partial charge in [0.05, 0.1) is 10.6 Å². The maximum atomic E-state index is 12.6. The molecule has 0 unspecified atom stereocenters. The first-order valence-electron chi connectivity index (χ1n) is 6.05. The first-order chi connectivity index (χ1) is 9.54. The van der Waals surface area contributed by atoms with Crippen LogP contribution in [0.5, 0.6) is 0 Å². The molecule has 0 spiro atoms. The second kappa shape index (κ2) is 6.95. The molecule has 0 aliphatic rings. The molecule has 0 radical (unpaired) electrons. The minimum Gasteiger partial charge on any atom is -0.309 e. The standard InChI is InChI=1S/C12H16ClF3N2O2S/c1-18(2)7-3-6-17-21(19,20)11-8-9(12(14,15)16)4-5-10(11)13/h4-5,8,17H,3,6-7H2,1-2H3. The first kappa shape index (κ1) is 18.2. The molecular weight excluding hydrogens is 329 g/mol. The van der Waals surface area contributed by atoms with Crippen LogP contribution in [0.4, 0.5) is 13.2 Å². The maximum absolute atomic E-state index is 12.6. The fraction of sp³-hybridized carbons (Fsp3) is 0.500. The van der Waals surface area contributed by atoms with E-state index in [1.165, 1.54) is 0 Å². The van der Waals surface area contributed by atoms with Crippen LogP contribution in [-0.2, 0) is 16.2 Å². The van der Waals surface area contributed by atoms with E-state index in [0.717, 1.165) is 12.1 Å². The summed E-state index contributed by atoms with van der Waals surface area (Å²) in [5, 5.41) is -0.247. The van der Waals surface area contributed by atoms with Gasteiger partial charge in [0.25, 0.3) is 0 Å². The monoisotopic (exact) mass is 344 g/mol. The predicted octanol–water partition coefficient (Wildman–Crippen LogP) is 2.59. The average Bonchev–Trinajstić information content (AvgIpc) is 2.33. The number of hydrogen-bond donors (Lipinski definition) is 1. The van der Waals surface area contributed by atoms with E-state index in [9.17, 15) is 21.6 Å². The molecule has 0 heterocycles. The van der Waals surface area contributed by atoms with Crippen LogP contribution in [0.2, 0.25) is 5.02 Å². The van der Waals surface area contributed by atoms with Gasteiger partial charge in [-0.25, -0.2) is 13.1 Å². The lowest BCUT2D eigenvalue weighted by atomic mass is 10.2. The number of nitrogens with one attached hydrogen (secondary N) is 1. The van der Waals surface area contributed by atoms with Crippen LogP contribution in [0.15, 0.2) is 23.1 Å². The number of alkyl halides is 3. The molecule has 4 nitrogen and oxygen atoms in total. The molecule has 1 aromatic rings. The zero-order chi connectivity index (χ0) is 16.3. The Morgan fingerprint density at radius 2 is 1.90 bits per heavy atom. The highest BCUT2D eigenvalue weighted by Crippen LogP contribution is 2.33. The molecule has 0 atom stereocenters. The van der Waals surface area contributed by atoms with Gasteiger partial charge >= 0.3 is 6.18 Å². The summed E-state index contributed by atoms with van der Waals surface area (Å²) in [6.07, 6.45) is -4.09. The maximum Gasteiger partial charge on any atom is 0.416 e. The van der Waals surface area contributed by atoms with Gasteiger partial charge in [-0.05, 0) is 45.3 Å². The molecule has 9 heteroatoms. The SMILES string of the molecule is CN(C)CCCNS(=O)(=O)c1cc(C(F)(F)F)ccc1Cl. The molecule has 0 saturated heterocycles. The van der Waals surface area contributed by atoms with Crippen molar-refractivity contribution in [3.8, 4) is 0 Å². The van der Waals surface area contributed by atoms with E-state index in [1.54, 1.807) is 0 Å². The zero-order valence-electron chi connectivity index (χ0n) is 11.5. The van der Waals surface area contributed by atoms with Crippen LogP contribution in [0.25, 0.3) is 0 Å². The molecule has 0 bridgehead atoms. The van der Waals surface area contributed by atoms with Crippen molar-refractivity contribution in [2.75, 3.05) is 27.2 Å². The number of hydrogen-bond acceptors (Lipinski definition) is 3. The van der Waals surface area contributed by atoms with Crippen molar-refractivity contribution in [2.24, 2.45) is 0 Å². The summed E-state index contributed by atoms with van der Waals surface area (Å²) < 4.78 is 64.1. The van der Waals surface area contributed by atoms with Gasteiger partial charge in [0, 0.05) is 6.54 Å². The molecule has 0 aliphatic heterocycles. The highest BCUT2D eigenvalue weighted by Gasteiger charge is 2.32. The second-order valence-electron chi connectivity index (χ2n) is 4.70. The largest absolute Gasteiger partial charge is 0.416 e. The van der Waals surface area contributed by atoms with Crippen molar-refractivity contribution in [3.63, 3.8) is 0 Å². The first-order valence-corrected chi connectivity index (χ1v) is 7.91. The van der Waals surface area contributed by atoms with Crippen LogP contribution < -0.4 is 4.72 Å². The van der Waals surface area contributed by atoms with Gasteiger partial charge in [-0.2, -0.15) is 13.2 Å². The fourth-order valence-corrected chi connectivity index (χ4v) is 3.16. The molecule has 1 rings (SSSR count). The van der Waals surface area contributed by atoms with Crippen LogP contribution in [0.1, 0.15) is 12.0 Å². The Balaban J connectivity index is 2.92. The zero-order valence-corrected chi connectivity index (χ0v) is 13.1. The van der Waals surface area contributed by atoms with Crippen LogP contribution in [0.3, 0.4) is 0 Å². The van der Waals surface area contributed by atoms with E-state index in [4.69, 9.17) is 11.6 Å². The molecular formula is C12H16ClF3N2O2S. The molecule has 120 valence electrons. The lowest BCUT2D eigenvalue weighted by Gasteiger charge is -2.13. The molecule has 21 heavy (non-hydrogen) atoms. The smallest absolute Gasteiger partial charge is 0.309 e. The second-order valence-corrected chi connectivity index (χ2v) is 6.84. The number of sulfonamides is 1. The Kier molecular flexibility index (Phi) is 6.03. The third-order valence-corrected chi connectivity index (χ3v) is 4.56. The number of nitrogens with zero attached hydrogens (tertiary/aromatic N) is 1. The van der Waals surface area contributed by atoms with E-state index in [2.05, 4.69) is 4.72 Å². The lowest BCUT2D eigenvalue weighted by molar-refractivity contribution is -0.137. The Morgan fingerprint density at radius 1 is 1.29 bits per heavy atom. The van der Waals surface area contributed by atoms with Crippen molar-refractivity contribution < 1.29 is 21.6 Å². The predicted molar refractivity (Wildman–Crippen MR) is 74.8 cm³/mol. The van der Waals surface area contributed by atoms with E-state index in [1.807, 2.05) is 19.0 Å². The summed E-state index contributed by atoms with van der Waals surface area (Å²) in [6.45, 7) is 0.770. The summed E-state index contributed by atoms with van der Waals surface area (Å²) in [5.74, 6) is 0. The highest BCUT2D eigenvalue weighted by atomic mass is 35.5. The van der Waals surface area contributed by atoms with Gasteiger partial charge in [0.15, 0.2) is 0 Å². The van der Waals surface area contributed by atoms with Gasteiger partial charge in [-0.1, -0.05) is 11.6 Å². The molecule has 0 fully saturated rings. The van der Waals surface area contributed by atoms with Crippen molar-refractivity contribution in [1.82, 2.24) is 9.62 Å². The van der Waals surface area contributed by atoms with Gasteiger partial charge < -0.3 is 4.90 Å². The molecule has 0 saturated carbocycles. The summed E-state index contributed by atoms with van der Waals surface area (Å²) in [5.41, 5.74) is -1.06. The topological polar surface area (TPSA) is 49.4 Å². The fourth-order valence-electron chi connectivity index (χ4n) is 1.57. The minimum atomic E-state index is -4.63. The third kappa shape index (κ3) is 5.46. The van der Waals surface area contributed by atoms with E-state index < -0.39 is 26.7 Å². The summed E-state index contributed by atoms with van der Waals surface area (Å²) >= 11 is 5.70. The molecule has 1 N–H and O–H groups in total. The van der Waals surface area contributed by atoms with Crippen LogP contribution >= 0.6 is 11.6 Å². The molecule has 0 aromatic heterocycles. The van der Waals surface area contributed by atoms with Gasteiger partial charge in [0.2, 0.25) is 10.0 Å². The summed E-state index contributed by atoms with van der Waals surface area (Å²) in [4.78, 5) is 1.30. The van der Waals surface area contributed by atoms with Gasteiger partial charge in [0.1, 0.15) is 4.90 Å². The van der Waals surface area contributed by atoms with Gasteiger partial charge in [-0.15, -0.1) is 0 Å². The van der Waals surface area contributed by atoms with Crippen LogP contribution in [0, 0.1) is 0 Å². The van der Waals surface area contributed by atoms with Crippen molar-refractivity contribution >= 4 is 21.6 Å². The molecule has 0 aliphatic carbocycles. The van der Waals surface area contributed by atoms with Crippen molar-refractivity contribution in [1.29, 1.82) is 0 Å². The van der Waals surface area contributed by atoms with E-state index in [-0.39, 0.29) is 11.6 Å². The van der Waals surface area contributed by atoms with Crippen molar-refractivity contribution in [3.05, 3.63) is 28.8 Å². The van der Waals surface area contributed by atoms with Gasteiger partial charge in [-0.3, -0.25) is 0 Å². The number of benzene rings is 1. The third-order valence-electron chi connectivity index (χ3n) is 2.62. The Labute approximate surface area is 126 Å².